The Kier molecular flexibility index (Phi) is 10.5. The predicted octanol–water partition coefficient (Wildman–Crippen LogP) is 4.99. The highest BCUT2D eigenvalue weighted by molar-refractivity contribution is 6.30. The first kappa shape index (κ1) is 27.7. The Morgan fingerprint density at radius 1 is 1.00 bits per heavy atom. The third kappa shape index (κ3) is 8.36. The molecule has 0 aliphatic rings. The molecule has 7 nitrogen and oxygen atoms in total. The Morgan fingerprint density at radius 2 is 1.62 bits per heavy atom. The third-order valence-corrected chi connectivity index (χ3v) is 6.24. The first-order valence-electron chi connectivity index (χ1n) is 12.1. The molecule has 37 heavy (non-hydrogen) atoms. The van der Waals surface area contributed by atoms with E-state index in [0.717, 1.165) is 33.8 Å². The van der Waals surface area contributed by atoms with Crippen LogP contribution < -0.4 is 15.4 Å². The summed E-state index contributed by atoms with van der Waals surface area (Å²) in [5.41, 5.74) is 2.73. The average Bonchev–Trinajstić information content (AvgIpc) is 2.91. The molecule has 0 aliphatic carbocycles. The number of hydrogen-bond donors (Lipinski definition) is 2. The van der Waals surface area contributed by atoms with Crippen LogP contribution in [0.4, 0.5) is 4.79 Å². The van der Waals surface area contributed by atoms with Crippen molar-refractivity contribution in [3.63, 3.8) is 0 Å². The van der Waals surface area contributed by atoms with Crippen LogP contribution in [-0.2, 0) is 16.0 Å². The van der Waals surface area contributed by atoms with Crippen LogP contribution in [0.25, 0.3) is 0 Å². The zero-order valence-electron chi connectivity index (χ0n) is 21.0. The minimum Gasteiger partial charge on any atom is -0.496 e. The average molecular weight is 522 g/mol. The van der Waals surface area contributed by atoms with Gasteiger partial charge in [-0.05, 0) is 53.6 Å². The topological polar surface area (TPSA) is 87.7 Å². The molecule has 0 bridgehead atoms. The third-order valence-electron chi connectivity index (χ3n) is 6.01. The van der Waals surface area contributed by atoms with Crippen molar-refractivity contribution in [2.75, 3.05) is 20.2 Å². The van der Waals surface area contributed by atoms with Crippen molar-refractivity contribution in [1.82, 2.24) is 15.5 Å². The van der Waals surface area contributed by atoms with Crippen LogP contribution in [0.15, 0.2) is 78.9 Å². The molecule has 3 aromatic carbocycles. The van der Waals surface area contributed by atoms with E-state index in [-0.39, 0.29) is 12.5 Å². The van der Waals surface area contributed by atoms with E-state index in [1.165, 1.54) is 0 Å². The highest BCUT2D eigenvalue weighted by atomic mass is 35.5. The number of imide groups is 1. The molecule has 0 heterocycles. The van der Waals surface area contributed by atoms with Crippen molar-refractivity contribution in [2.45, 2.75) is 25.8 Å². The molecule has 1 unspecified atom stereocenters. The molecule has 0 saturated heterocycles. The van der Waals surface area contributed by atoms with Gasteiger partial charge in [0.1, 0.15) is 12.3 Å². The van der Waals surface area contributed by atoms with Crippen LogP contribution in [0.2, 0.25) is 5.02 Å². The van der Waals surface area contributed by atoms with E-state index in [9.17, 15) is 14.4 Å². The maximum atomic E-state index is 12.9. The fraction of sp³-hybridized carbons (Fsp3) is 0.276. The number of amides is 4. The SMILES string of the molecule is COc1ccc(Cl)cc1CC(C)CCNC(=O)CN(C=O)C(=O)NC(c1ccccc1)c1ccccc1. The fourth-order valence-corrected chi connectivity index (χ4v) is 4.26. The molecule has 8 heteroatoms. The molecule has 3 rings (SSSR count). The van der Waals surface area contributed by atoms with Gasteiger partial charge in [-0.15, -0.1) is 0 Å². The van der Waals surface area contributed by atoms with E-state index >= 15 is 0 Å². The molecule has 0 saturated carbocycles. The largest absolute Gasteiger partial charge is 0.496 e. The van der Waals surface area contributed by atoms with Gasteiger partial charge in [0.15, 0.2) is 0 Å². The summed E-state index contributed by atoms with van der Waals surface area (Å²) in [5, 5.41) is 6.32. The van der Waals surface area contributed by atoms with Crippen molar-refractivity contribution in [1.29, 1.82) is 0 Å². The summed E-state index contributed by atoms with van der Waals surface area (Å²) < 4.78 is 5.40. The number of carbonyl (C=O) groups is 3. The molecule has 194 valence electrons. The zero-order valence-corrected chi connectivity index (χ0v) is 21.8. The summed E-state index contributed by atoms with van der Waals surface area (Å²) in [4.78, 5) is 37.9. The van der Waals surface area contributed by atoms with Gasteiger partial charge in [0, 0.05) is 11.6 Å². The maximum absolute atomic E-state index is 12.9. The summed E-state index contributed by atoms with van der Waals surface area (Å²) in [6, 6.07) is 23.3. The molecule has 0 spiro atoms. The van der Waals surface area contributed by atoms with E-state index in [4.69, 9.17) is 16.3 Å². The highest BCUT2D eigenvalue weighted by Gasteiger charge is 2.22. The summed E-state index contributed by atoms with van der Waals surface area (Å²) in [7, 11) is 1.62. The molecule has 0 fully saturated rings. The highest BCUT2D eigenvalue weighted by Crippen LogP contribution is 2.26. The van der Waals surface area contributed by atoms with Crippen LogP contribution in [-0.4, -0.2) is 43.4 Å². The number of nitrogens with one attached hydrogen (secondary N) is 2. The Hall–Kier alpha value is -3.84. The van der Waals surface area contributed by atoms with Gasteiger partial charge < -0.3 is 15.4 Å². The van der Waals surface area contributed by atoms with E-state index in [0.29, 0.717) is 24.4 Å². The zero-order chi connectivity index (χ0) is 26.6. The maximum Gasteiger partial charge on any atom is 0.325 e. The molecule has 0 aromatic heterocycles. The van der Waals surface area contributed by atoms with Crippen LogP contribution in [0.3, 0.4) is 0 Å². The first-order valence-corrected chi connectivity index (χ1v) is 12.5. The van der Waals surface area contributed by atoms with Gasteiger partial charge in [-0.2, -0.15) is 0 Å². The van der Waals surface area contributed by atoms with Gasteiger partial charge >= 0.3 is 6.03 Å². The second kappa shape index (κ2) is 14.0. The lowest BCUT2D eigenvalue weighted by Gasteiger charge is -2.23. The Balaban J connectivity index is 1.53. The van der Waals surface area contributed by atoms with Crippen LogP contribution >= 0.6 is 11.6 Å². The van der Waals surface area contributed by atoms with Crippen LogP contribution in [0, 0.1) is 5.92 Å². The quantitative estimate of drug-likeness (QED) is 0.329. The van der Waals surface area contributed by atoms with Gasteiger partial charge in [-0.1, -0.05) is 79.2 Å². The van der Waals surface area contributed by atoms with Crippen molar-refractivity contribution < 1.29 is 19.1 Å². The molecular formula is C29H32ClN3O4. The Morgan fingerprint density at radius 3 is 2.19 bits per heavy atom. The number of urea groups is 1. The van der Waals surface area contributed by atoms with Crippen molar-refractivity contribution in [3.8, 4) is 5.75 Å². The van der Waals surface area contributed by atoms with Crippen LogP contribution in [0.1, 0.15) is 36.1 Å². The number of rotatable bonds is 12. The number of methoxy groups -OCH3 is 1. The van der Waals surface area contributed by atoms with Crippen molar-refractivity contribution in [2.24, 2.45) is 5.92 Å². The molecule has 0 radical (unpaired) electrons. The molecular weight excluding hydrogens is 490 g/mol. The summed E-state index contributed by atoms with van der Waals surface area (Å²) in [6.45, 7) is 2.11. The van der Waals surface area contributed by atoms with E-state index in [2.05, 4.69) is 17.6 Å². The monoisotopic (exact) mass is 521 g/mol. The number of hydrogen-bond acceptors (Lipinski definition) is 4. The smallest absolute Gasteiger partial charge is 0.325 e. The fourth-order valence-electron chi connectivity index (χ4n) is 4.07. The van der Waals surface area contributed by atoms with Crippen molar-refractivity contribution >= 4 is 29.9 Å². The summed E-state index contributed by atoms with van der Waals surface area (Å²) in [5.74, 6) is 0.610. The lowest BCUT2D eigenvalue weighted by Crippen LogP contribution is -2.46. The number of benzene rings is 3. The normalized spacial score (nSPS) is 11.5. The Bertz CT molecular complexity index is 1130. The second-order valence-electron chi connectivity index (χ2n) is 8.84. The van der Waals surface area contributed by atoms with Gasteiger partial charge in [0.05, 0.1) is 13.2 Å². The van der Waals surface area contributed by atoms with E-state index in [1.54, 1.807) is 13.2 Å². The molecule has 4 amide bonds. The standard InChI is InChI=1S/C29H32ClN3O4/c1-21(17-24-18-25(30)13-14-26(24)37-2)15-16-31-27(35)19-33(20-34)29(36)32-28(22-9-5-3-6-10-22)23-11-7-4-8-12-23/h3-14,18,20-21,28H,15-17,19H2,1-2H3,(H,31,35)(H,32,36). The minimum atomic E-state index is -0.649. The molecule has 1 atom stereocenters. The van der Waals surface area contributed by atoms with Gasteiger partial charge in [-0.3, -0.25) is 14.5 Å². The predicted molar refractivity (Wildman–Crippen MR) is 145 cm³/mol. The molecule has 3 aromatic rings. The first-order chi connectivity index (χ1) is 17.9. The van der Waals surface area contributed by atoms with E-state index < -0.39 is 18.0 Å². The van der Waals surface area contributed by atoms with E-state index in [1.807, 2.05) is 72.8 Å². The number of carbonyl (C=O) groups excluding carboxylic acids is 3. The molecule has 2 N–H and O–H groups in total. The molecule has 0 aliphatic heterocycles. The summed E-state index contributed by atoms with van der Waals surface area (Å²) in [6.07, 6.45) is 1.82. The lowest BCUT2D eigenvalue weighted by molar-refractivity contribution is -0.126. The summed E-state index contributed by atoms with van der Waals surface area (Å²) >= 11 is 6.11. The minimum absolute atomic E-state index is 0.246. The van der Waals surface area contributed by atoms with Gasteiger partial charge in [-0.25, -0.2) is 4.79 Å². The lowest BCUT2D eigenvalue weighted by atomic mass is 9.97. The van der Waals surface area contributed by atoms with Crippen molar-refractivity contribution in [3.05, 3.63) is 101 Å². The van der Waals surface area contributed by atoms with Gasteiger partial charge in [0.25, 0.3) is 0 Å². The second-order valence-corrected chi connectivity index (χ2v) is 9.28. The van der Waals surface area contributed by atoms with Crippen LogP contribution in [0.5, 0.6) is 5.75 Å². The Labute approximate surface area is 222 Å². The van der Waals surface area contributed by atoms with Gasteiger partial charge in [0.2, 0.25) is 12.3 Å². The number of ether oxygens (including phenoxy) is 1. The number of nitrogens with zero attached hydrogens (tertiary/aromatic N) is 1. The number of halogens is 1.